The highest BCUT2D eigenvalue weighted by Gasteiger charge is 2.06. The highest BCUT2D eigenvalue weighted by molar-refractivity contribution is 6.30. The monoisotopic (exact) mass is 274 g/mol. The lowest BCUT2D eigenvalue weighted by atomic mass is 10.1. The third-order valence-corrected chi connectivity index (χ3v) is 3.17. The highest BCUT2D eigenvalue weighted by Crippen LogP contribution is 2.21. The van der Waals surface area contributed by atoms with E-state index in [1.54, 1.807) is 12.1 Å². The number of benzene rings is 2. The molecule has 0 spiro atoms. The average molecular weight is 275 g/mol. The van der Waals surface area contributed by atoms with E-state index in [1.165, 1.54) is 0 Å². The van der Waals surface area contributed by atoms with Crippen molar-refractivity contribution in [2.24, 2.45) is 5.73 Å². The molecule has 2 aromatic rings. The van der Waals surface area contributed by atoms with Crippen molar-refractivity contribution in [1.29, 1.82) is 0 Å². The van der Waals surface area contributed by atoms with Gasteiger partial charge >= 0.3 is 0 Å². The molecule has 19 heavy (non-hydrogen) atoms. The molecule has 0 aliphatic carbocycles. The molecule has 1 unspecified atom stereocenters. The Kier molecular flexibility index (Phi) is 4.07. The first kappa shape index (κ1) is 13.4. The summed E-state index contributed by atoms with van der Waals surface area (Å²) in [5, 5.41) is 4.07. The van der Waals surface area contributed by atoms with Crippen LogP contribution in [0.4, 0.5) is 5.69 Å². The molecule has 1 atom stereocenters. The van der Waals surface area contributed by atoms with Crippen molar-refractivity contribution in [3.8, 4) is 0 Å². The van der Waals surface area contributed by atoms with Gasteiger partial charge in [-0.1, -0.05) is 23.7 Å². The quantitative estimate of drug-likeness (QED) is 0.895. The fraction of sp³-hybridized carbons (Fsp3) is 0.133. The topological polar surface area (TPSA) is 55.1 Å². The van der Waals surface area contributed by atoms with Crippen LogP contribution in [0.25, 0.3) is 0 Å². The van der Waals surface area contributed by atoms with Gasteiger partial charge in [0.15, 0.2) is 0 Å². The Morgan fingerprint density at radius 3 is 2.21 bits per heavy atom. The number of halogens is 1. The number of hydrogen-bond acceptors (Lipinski definition) is 2. The van der Waals surface area contributed by atoms with Gasteiger partial charge in [-0.3, -0.25) is 4.79 Å². The zero-order valence-electron chi connectivity index (χ0n) is 10.6. The predicted octanol–water partition coefficient (Wildman–Crippen LogP) is 3.61. The van der Waals surface area contributed by atoms with Crippen LogP contribution in [0.1, 0.15) is 28.9 Å². The van der Waals surface area contributed by atoms with E-state index in [0.29, 0.717) is 5.56 Å². The van der Waals surface area contributed by atoms with E-state index in [-0.39, 0.29) is 6.04 Å². The van der Waals surface area contributed by atoms with Gasteiger partial charge in [0, 0.05) is 22.3 Å². The molecule has 1 amide bonds. The van der Waals surface area contributed by atoms with E-state index < -0.39 is 5.91 Å². The number of primary amides is 1. The SMILES string of the molecule is CC(Nc1ccc(C(N)=O)cc1)c1ccc(Cl)cc1. The van der Waals surface area contributed by atoms with Crippen LogP contribution in [-0.2, 0) is 0 Å². The van der Waals surface area contributed by atoms with Gasteiger partial charge in [-0.25, -0.2) is 0 Å². The molecule has 0 aliphatic heterocycles. The van der Waals surface area contributed by atoms with Crippen LogP contribution in [0.5, 0.6) is 0 Å². The number of amides is 1. The Morgan fingerprint density at radius 2 is 1.68 bits per heavy atom. The molecule has 0 heterocycles. The highest BCUT2D eigenvalue weighted by atomic mass is 35.5. The predicted molar refractivity (Wildman–Crippen MR) is 78.4 cm³/mol. The summed E-state index contributed by atoms with van der Waals surface area (Å²) in [4.78, 5) is 11.0. The van der Waals surface area contributed by atoms with Gasteiger partial charge in [0.05, 0.1) is 0 Å². The molecule has 0 aromatic heterocycles. The first-order valence-corrected chi connectivity index (χ1v) is 6.36. The lowest BCUT2D eigenvalue weighted by molar-refractivity contribution is 0.100. The molecule has 2 rings (SSSR count). The van der Waals surface area contributed by atoms with Crippen molar-refractivity contribution in [1.82, 2.24) is 0 Å². The zero-order chi connectivity index (χ0) is 13.8. The molecule has 0 aliphatic rings. The molecule has 98 valence electrons. The molecular weight excluding hydrogens is 260 g/mol. The van der Waals surface area contributed by atoms with Crippen LogP contribution in [0.3, 0.4) is 0 Å². The van der Waals surface area contributed by atoms with Crippen LogP contribution in [0.2, 0.25) is 5.02 Å². The van der Waals surface area contributed by atoms with Crippen LogP contribution >= 0.6 is 11.6 Å². The summed E-state index contributed by atoms with van der Waals surface area (Å²) in [6.07, 6.45) is 0. The normalized spacial score (nSPS) is 11.9. The summed E-state index contributed by atoms with van der Waals surface area (Å²) < 4.78 is 0. The van der Waals surface area contributed by atoms with Crippen molar-refractivity contribution in [3.63, 3.8) is 0 Å². The summed E-state index contributed by atoms with van der Waals surface area (Å²) >= 11 is 5.86. The van der Waals surface area contributed by atoms with Gasteiger partial charge in [-0.05, 0) is 48.9 Å². The molecule has 0 saturated heterocycles. The summed E-state index contributed by atoms with van der Waals surface area (Å²) in [5.74, 6) is -0.419. The first-order chi connectivity index (χ1) is 9.06. The molecule has 0 saturated carbocycles. The molecule has 0 bridgehead atoms. The molecule has 2 aromatic carbocycles. The lowest BCUT2D eigenvalue weighted by Crippen LogP contribution is -2.11. The zero-order valence-corrected chi connectivity index (χ0v) is 11.3. The number of carbonyl (C=O) groups excluding carboxylic acids is 1. The van der Waals surface area contributed by atoms with Gasteiger partial charge in [-0.2, -0.15) is 0 Å². The molecule has 3 nitrogen and oxygen atoms in total. The standard InChI is InChI=1S/C15H15ClN2O/c1-10(11-2-6-13(16)7-3-11)18-14-8-4-12(5-9-14)15(17)19/h2-10,18H,1H3,(H2,17,19). The van der Waals surface area contributed by atoms with E-state index in [2.05, 4.69) is 12.2 Å². The van der Waals surface area contributed by atoms with E-state index in [0.717, 1.165) is 16.3 Å². The Balaban J connectivity index is 2.08. The number of rotatable bonds is 4. The minimum absolute atomic E-state index is 0.150. The summed E-state index contributed by atoms with van der Waals surface area (Å²) in [6, 6.07) is 14.9. The lowest BCUT2D eigenvalue weighted by Gasteiger charge is -2.16. The maximum absolute atomic E-state index is 11.0. The first-order valence-electron chi connectivity index (χ1n) is 5.98. The third-order valence-electron chi connectivity index (χ3n) is 2.92. The van der Waals surface area contributed by atoms with Crippen molar-refractivity contribution >= 4 is 23.2 Å². The second-order valence-electron chi connectivity index (χ2n) is 4.36. The number of hydrogen-bond donors (Lipinski definition) is 2. The fourth-order valence-electron chi connectivity index (χ4n) is 1.82. The van der Waals surface area contributed by atoms with Crippen molar-refractivity contribution < 1.29 is 4.79 Å². The number of nitrogens with one attached hydrogen (secondary N) is 1. The fourth-order valence-corrected chi connectivity index (χ4v) is 1.94. The second kappa shape index (κ2) is 5.76. The van der Waals surface area contributed by atoms with E-state index in [4.69, 9.17) is 17.3 Å². The Labute approximate surface area is 117 Å². The number of nitrogens with two attached hydrogens (primary N) is 1. The van der Waals surface area contributed by atoms with Gasteiger partial charge < -0.3 is 11.1 Å². The molecule has 0 fully saturated rings. The summed E-state index contributed by atoms with van der Waals surface area (Å²) in [5.41, 5.74) is 7.78. The van der Waals surface area contributed by atoms with Crippen LogP contribution in [0.15, 0.2) is 48.5 Å². The molecular formula is C15H15ClN2O. The smallest absolute Gasteiger partial charge is 0.248 e. The van der Waals surface area contributed by atoms with E-state index >= 15 is 0 Å². The second-order valence-corrected chi connectivity index (χ2v) is 4.80. The van der Waals surface area contributed by atoms with Gasteiger partial charge in [0.25, 0.3) is 0 Å². The van der Waals surface area contributed by atoms with Crippen LogP contribution < -0.4 is 11.1 Å². The third kappa shape index (κ3) is 3.48. The summed E-state index contributed by atoms with van der Waals surface area (Å²) in [7, 11) is 0. The number of carbonyl (C=O) groups is 1. The van der Waals surface area contributed by atoms with Gasteiger partial charge in [-0.15, -0.1) is 0 Å². The maximum Gasteiger partial charge on any atom is 0.248 e. The van der Waals surface area contributed by atoms with Crippen molar-refractivity contribution in [2.75, 3.05) is 5.32 Å². The van der Waals surface area contributed by atoms with E-state index in [1.807, 2.05) is 36.4 Å². The van der Waals surface area contributed by atoms with Gasteiger partial charge in [0.2, 0.25) is 5.91 Å². The van der Waals surface area contributed by atoms with Gasteiger partial charge in [0.1, 0.15) is 0 Å². The number of anilines is 1. The average Bonchev–Trinajstić information content (AvgIpc) is 2.40. The Bertz CT molecular complexity index is 564. The van der Waals surface area contributed by atoms with Crippen LogP contribution in [0, 0.1) is 0 Å². The minimum Gasteiger partial charge on any atom is -0.379 e. The van der Waals surface area contributed by atoms with Crippen LogP contribution in [-0.4, -0.2) is 5.91 Å². The summed E-state index contributed by atoms with van der Waals surface area (Å²) in [6.45, 7) is 2.06. The van der Waals surface area contributed by atoms with Crippen molar-refractivity contribution in [2.45, 2.75) is 13.0 Å². The maximum atomic E-state index is 11.0. The molecule has 3 N–H and O–H groups in total. The Morgan fingerprint density at radius 1 is 1.11 bits per heavy atom. The van der Waals surface area contributed by atoms with Crippen molar-refractivity contribution in [3.05, 3.63) is 64.7 Å². The molecule has 4 heteroatoms. The molecule has 0 radical (unpaired) electrons. The van der Waals surface area contributed by atoms with E-state index in [9.17, 15) is 4.79 Å². The largest absolute Gasteiger partial charge is 0.379 e. The Hall–Kier alpha value is -2.00. The minimum atomic E-state index is -0.419.